The molecule has 0 radical (unpaired) electrons. The normalized spacial score (nSPS) is 10.4. The Balaban J connectivity index is 1.60. The highest BCUT2D eigenvalue weighted by molar-refractivity contribution is 7.99. The number of benzene rings is 1. The first-order chi connectivity index (χ1) is 13.6. The van der Waals surface area contributed by atoms with E-state index in [2.05, 4.69) is 15.5 Å². The number of carbonyl (C=O) groups is 2. The van der Waals surface area contributed by atoms with Crippen molar-refractivity contribution < 1.29 is 14.0 Å². The van der Waals surface area contributed by atoms with Gasteiger partial charge in [0.25, 0.3) is 5.91 Å². The standard InChI is InChI=1S/C19H17N5O3S/c1-2-24-17(11-21-18(26)16-4-3-9-27-16)22-23-19(24)28-12-15(25)14-7-5-13(10-20)6-8-14/h3-9H,2,11-12H2,1H3,(H,21,26). The van der Waals surface area contributed by atoms with Crippen LogP contribution in [0.3, 0.4) is 0 Å². The van der Waals surface area contributed by atoms with Crippen molar-refractivity contribution in [2.45, 2.75) is 25.2 Å². The van der Waals surface area contributed by atoms with Crippen molar-refractivity contribution in [3.05, 3.63) is 65.4 Å². The van der Waals surface area contributed by atoms with Crippen molar-refractivity contribution >= 4 is 23.5 Å². The van der Waals surface area contributed by atoms with Crippen molar-refractivity contribution in [1.82, 2.24) is 20.1 Å². The van der Waals surface area contributed by atoms with E-state index in [1.165, 1.54) is 18.0 Å². The van der Waals surface area contributed by atoms with Crippen molar-refractivity contribution in [3.63, 3.8) is 0 Å². The summed E-state index contributed by atoms with van der Waals surface area (Å²) in [7, 11) is 0. The van der Waals surface area contributed by atoms with E-state index < -0.39 is 0 Å². The predicted molar refractivity (Wildman–Crippen MR) is 102 cm³/mol. The molecule has 1 aromatic carbocycles. The SMILES string of the molecule is CCn1c(CNC(=O)c2ccco2)nnc1SCC(=O)c1ccc(C#N)cc1. The van der Waals surface area contributed by atoms with Gasteiger partial charge in [-0.15, -0.1) is 10.2 Å². The van der Waals surface area contributed by atoms with Crippen LogP contribution in [0.15, 0.2) is 52.2 Å². The van der Waals surface area contributed by atoms with Crippen LogP contribution in [0.5, 0.6) is 0 Å². The number of nitrogens with zero attached hydrogens (tertiary/aromatic N) is 4. The molecule has 3 rings (SSSR count). The van der Waals surface area contributed by atoms with Crippen molar-refractivity contribution in [2.75, 3.05) is 5.75 Å². The van der Waals surface area contributed by atoms with Crippen molar-refractivity contribution in [2.24, 2.45) is 0 Å². The summed E-state index contributed by atoms with van der Waals surface area (Å²) in [5.41, 5.74) is 1.05. The zero-order valence-corrected chi connectivity index (χ0v) is 15.9. The Labute approximate surface area is 165 Å². The van der Waals surface area contributed by atoms with Gasteiger partial charge < -0.3 is 14.3 Å². The van der Waals surface area contributed by atoms with Gasteiger partial charge in [-0.25, -0.2) is 0 Å². The van der Waals surface area contributed by atoms with E-state index in [9.17, 15) is 9.59 Å². The van der Waals surface area contributed by atoms with Gasteiger partial charge in [0.2, 0.25) is 0 Å². The van der Waals surface area contributed by atoms with Gasteiger partial charge in [0.05, 0.1) is 30.2 Å². The maximum atomic E-state index is 12.3. The van der Waals surface area contributed by atoms with E-state index >= 15 is 0 Å². The Kier molecular flexibility index (Phi) is 6.24. The largest absolute Gasteiger partial charge is 0.459 e. The lowest BCUT2D eigenvalue weighted by Gasteiger charge is -2.07. The molecule has 9 heteroatoms. The van der Waals surface area contributed by atoms with Crippen LogP contribution in [0, 0.1) is 11.3 Å². The minimum atomic E-state index is -0.333. The van der Waals surface area contributed by atoms with Crippen LogP contribution >= 0.6 is 11.8 Å². The molecule has 3 aromatic rings. The van der Waals surface area contributed by atoms with Crippen molar-refractivity contribution in [3.8, 4) is 6.07 Å². The molecule has 2 heterocycles. The van der Waals surface area contributed by atoms with E-state index in [-0.39, 0.29) is 29.7 Å². The number of aromatic nitrogens is 3. The van der Waals surface area contributed by atoms with Crippen LogP contribution < -0.4 is 5.32 Å². The van der Waals surface area contributed by atoms with E-state index in [1.807, 2.05) is 17.6 Å². The Morgan fingerprint density at radius 3 is 2.68 bits per heavy atom. The van der Waals surface area contributed by atoms with E-state index in [0.717, 1.165) is 0 Å². The second-order valence-corrected chi connectivity index (χ2v) is 6.65. The van der Waals surface area contributed by atoms with Gasteiger partial charge in [0, 0.05) is 12.1 Å². The average molecular weight is 395 g/mol. The van der Waals surface area contributed by atoms with Gasteiger partial charge >= 0.3 is 0 Å². The summed E-state index contributed by atoms with van der Waals surface area (Å²) in [6, 6.07) is 11.8. The summed E-state index contributed by atoms with van der Waals surface area (Å²) < 4.78 is 6.90. The minimum absolute atomic E-state index is 0.0622. The number of thioether (sulfide) groups is 1. The molecule has 0 unspecified atom stereocenters. The molecule has 0 aliphatic rings. The molecule has 142 valence electrons. The molecule has 0 saturated carbocycles. The van der Waals surface area contributed by atoms with Crippen LogP contribution in [0.2, 0.25) is 0 Å². The lowest BCUT2D eigenvalue weighted by molar-refractivity contribution is 0.0921. The number of nitriles is 1. The van der Waals surface area contributed by atoms with Gasteiger partial charge in [-0.3, -0.25) is 9.59 Å². The fourth-order valence-corrected chi connectivity index (χ4v) is 3.39. The summed E-state index contributed by atoms with van der Waals surface area (Å²) >= 11 is 1.28. The first kappa shape index (κ1) is 19.4. The van der Waals surface area contributed by atoms with Gasteiger partial charge in [0.1, 0.15) is 0 Å². The number of furan rings is 1. The highest BCUT2D eigenvalue weighted by atomic mass is 32.2. The van der Waals surface area contributed by atoms with Gasteiger partial charge in [-0.1, -0.05) is 23.9 Å². The lowest BCUT2D eigenvalue weighted by atomic mass is 10.1. The maximum absolute atomic E-state index is 12.3. The Morgan fingerprint density at radius 1 is 1.25 bits per heavy atom. The zero-order valence-electron chi connectivity index (χ0n) is 15.1. The molecule has 28 heavy (non-hydrogen) atoms. The number of amides is 1. The molecule has 0 bridgehead atoms. The third-order valence-corrected chi connectivity index (χ3v) is 4.90. The highest BCUT2D eigenvalue weighted by Gasteiger charge is 2.16. The molecule has 8 nitrogen and oxygen atoms in total. The van der Waals surface area contributed by atoms with E-state index in [0.29, 0.717) is 28.7 Å². The van der Waals surface area contributed by atoms with Crippen LogP contribution in [0.25, 0.3) is 0 Å². The summed E-state index contributed by atoms with van der Waals surface area (Å²) in [5, 5.41) is 20.4. The average Bonchev–Trinajstić information content (AvgIpc) is 3.40. The molecule has 0 spiro atoms. The van der Waals surface area contributed by atoms with Gasteiger partial charge in [-0.05, 0) is 31.2 Å². The second kappa shape index (κ2) is 9.01. The predicted octanol–water partition coefficient (Wildman–Crippen LogP) is 2.67. The van der Waals surface area contributed by atoms with E-state index in [1.54, 1.807) is 36.4 Å². The first-order valence-corrected chi connectivity index (χ1v) is 9.51. The summed E-state index contributed by atoms with van der Waals surface area (Å²) in [6.07, 6.45) is 1.43. The number of hydrogen-bond donors (Lipinski definition) is 1. The van der Waals surface area contributed by atoms with E-state index in [4.69, 9.17) is 9.68 Å². The number of hydrogen-bond acceptors (Lipinski definition) is 7. The smallest absolute Gasteiger partial charge is 0.287 e. The lowest BCUT2D eigenvalue weighted by Crippen LogP contribution is -2.24. The van der Waals surface area contributed by atoms with Crippen LogP contribution in [-0.2, 0) is 13.1 Å². The number of rotatable bonds is 8. The molecular formula is C19H17N5O3S. The summed E-state index contributed by atoms with van der Waals surface area (Å²) in [6.45, 7) is 2.74. The number of ketones is 1. The minimum Gasteiger partial charge on any atom is -0.459 e. The fourth-order valence-electron chi connectivity index (χ4n) is 2.47. The van der Waals surface area contributed by atoms with Gasteiger partial charge in [-0.2, -0.15) is 5.26 Å². The zero-order chi connectivity index (χ0) is 19.9. The maximum Gasteiger partial charge on any atom is 0.287 e. The molecule has 0 aliphatic carbocycles. The molecule has 2 aromatic heterocycles. The van der Waals surface area contributed by atoms with Crippen LogP contribution in [-0.4, -0.2) is 32.2 Å². The second-order valence-electron chi connectivity index (χ2n) is 5.70. The summed E-state index contributed by atoms with van der Waals surface area (Å²) in [5.74, 6) is 0.623. The third kappa shape index (κ3) is 4.47. The quantitative estimate of drug-likeness (QED) is 0.461. The van der Waals surface area contributed by atoms with Crippen LogP contribution in [0.4, 0.5) is 0 Å². The highest BCUT2D eigenvalue weighted by Crippen LogP contribution is 2.19. The Bertz CT molecular complexity index is 1000. The van der Waals surface area contributed by atoms with Gasteiger partial charge in [0.15, 0.2) is 22.5 Å². The number of Topliss-reactive ketones (excluding diaryl/α,β-unsaturated/α-hetero) is 1. The molecule has 0 aliphatic heterocycles. The molecule has 0 saturated heterocycles. The third-order valence-electron chi connectivity index (χ3n) is 3.93. The van der Waals surface area contributed by atoms with Crippen LogP contribution in [0.1, 0.15) is 39.2 Å². The first-order valence-electron chi connectivity index (χ1n) is 8.52. The number of carbonyl (C=O) groups excluding carboxylic acids is 2. The Hall–Kier alpha value is -3.38. The summed E-state index contributed by atoms with van der Waals surface area (Å²) in [4.78, 5) is 24.3. The molecule has 1 amide bonds. The topological polar surface area (TPSA) is 114 Å². The van der Waals surface area contributed by atoms with Crippen molar-refractivity contribution in [1.29, 1.82) is 5.26 Å². The fraction of sp³-hybridized carbons (Fsp3) is 0.211. The monoisotopic (exact) mass is 395 g/mol. The Morgan fingerprint density at radius 2 is 2.04 bits per heavy atom. The number of nitrogens with one attached hydrogen (secondary N) is 1. The molecule has 0 fully saturated rings. The molecule has 1 N–H and O–H groups in total. The molecular weight excluding hydrogens is 378 g/mol. The molecule has 0 atom stereocenters.